The van der Waals surface area contributed by atoms with Crippen LogP contribution in [0.4, 0.5) is 0 Å². The molecule has 1 amide bonds. The van der Waals surface area contributed by atoms with Crippen molar-refractivity contribution in [3.05, 3.63) is 29.2 Å². The molecule has 7 nitrogen and oxygen atoms in total. The Balaban J connectivity index is 1.61. The molecular formula is C14H17N5O2. The fraction of sp³-hybridized carbons (Fsp3) is 0.571. The topological polar surface area (TPSA) is 77.1 Å². The van der Waals surface area contributed by atoms with E-state index in [1.165, 1.54) is 12.8 Å². The minimum atomic E-state index is -0.110. The van der Waals surface area contributed by atoms with Gasteiger partial charge in [0.2, 0.25) is 0 Å². The average Bonchev–Trinajstić information content (AvgIpc) is 3.07. The lowest BCUT2D eigenvalue weighted by Crippen LogP contribution is -2.40. The van der Waals surface area contributed by atoms with E-state index in [0.29, 0.717) is 30.5 Å². The SMILES string of the molecule is Cc1cc(C(=O)N2Cc3nnc(C4CC4)n3[C@@H](C)C2)no1. The highest BCUT2D eigenvalue weighted by molar-refractivity contribution is 5.92. The second-order valence-electron chi connectivity index (χ2n) is 5.98. The molecule has 0 radical (unpaired) electrons. The zero-order valence-corrected chi connectivity index (χ0v) is 12.1. The maximum Gasteiger partial charge on any atom is 0.276 e. The number of rotatable bonds is 2. The largest absolute Gasteiger partial charge is 0.361 e. The normalized spacial score (nSPS) is 21.4. The van der Waals surface area contributed by atoms with Crippen molar-refractivity contribution < 1.29 is 9.32 Å². The molecule has 21 heavy (non-hydrogen) atoms. The average molecular weight is 287 g/mol. The fourth-order valence-corrected chi connectivity index (χ4v) is 2.97. The Morgan fingerprint density at radius 1 is 1.38 bits per heavy atom. The Hall–Kier alpha value is -2.18. The van der Waals surface area contributed by atoms with Crippen LogP contribution in [0.3, 0.4) is 0 Å². The fourth-order valence-electron chi connectivity index (χ4n) is 2.97. The third-order valence-corrected chi connectivity index (χ3v) is 4.13. The number of carbonyl (C=O) groups is 1. The molecule has 4 rings (SSSR count). The van der Waals surface area contributed by atoms with E-state index in [4.69, 9.17) is 4.52 Å². The van der Waals surface area contributed by atoms with Gasteiger partial charge in [0.25, 0.3) is 5.91 Å². The van der Waals surface area contributed by atoms with E-state index in [1.807, 2.05) is 0 Å². The number of hydrogen-bond acceptors (Lipinski definition) is 5. The van der Waals surface area contributed by atoms with Crippen LogP contribution < -0.4 is 0 Å². The Morgan fingerprint density at radius 3 is 2.86 bits per heavy atom. The van der Waals surface area contributed by atoms with Gasteiger partial charge in [-0.05, 0) is 26.7 Å². The van der Waals surface area contributed by atoms with Crippen LogP contribution in [0, 0.1) is 6.92 Å². The Morgan fingerprint density at radius 2 is 2.19 bits per heavy atom. The number of carbonyl (C=O) groups excluding carboxylic acids is 1. The van der Waals surface area contributed by atoms with Gasteiger partial charge >= 0.3 is 0 Å². The number of nitrogens with zero attached hydrogens (tertiary/aromatic N) is 5. The van der Waals surface area contributed by atoms with E-state index in [0.717, 1.165) is 11.6 Å². The molecule has 0 unspecified atom stereocenters. The summed E-state index contributed by atoms with van der Waals surface area (Å²) in [5, 5.41) is 12.4. The maximum atomic E-state index is 12.5. The van der Waals surface area contributed by atoms with Crippen LogP contribution in [0.25, 0.3) is 0 Å². The number of amides is 1. The summed E-state index contributed by atoms with van der Waals surface area (Å²) < 4.78 is 7.19. The highest BCUT2D eigenvalue weighted by Crippen LogP contribution is 2.41. The first-order chi connectivity index (χ1) is 10.1. The quantitative estimate of drug-likeness (QED) is 0.839. The van der Waals surface area contributed by atoms with Crippen molar-refractivity contribution in [3.8, 4) is 0 Å². The van der Waals surface area contributed by atoms with Crippen molar-refractivity contribution in [1.29, 1.82) is 0 Å². The van der Waals surface area contributed by atoms with Crippen LogP contribution in [0.2, 0.25) is 0 Å². The van der Waals surface area contributed by atoms with E-state index < -0.39 is 0 Å². The monoisotopic (exact) mass is 287 g/mol. The van der Waals surface area contributed by atoms with Gasteiger partial charge in [-0.2, -0.15) is 0 Å². The Labute approximate surface area is 121 Å². The van der Waals surface area contributed by atoms with E-state index in [9.17, 15) is 4.79 Å². The molecule has 0 aromatic carbocycles. The third-order valence-electron chi connectivity index (χ3n) is 4.13. The molecule has 0 bridgehead atoms. The summed E-state index contributed by atoms with van der Waals surface area (Å²) in [4.78, 5) is 14.2. The van der Waals surface area contributed by atoms with Gasteiger partial charge < -0.3 is 14.0 Å². The van der Waals surface area contributed by atoms with Crippen molar-refractivity contribution >= 4 is 5.91 Å². The van der Waals surface area contributed by atoms with Crippen molar-refractivity contribution in [3.63, 3.8) is 0 Å². The second-order valence-corrected chi connectivity index (χ2v) is 5.98. The number of hydrogen-bond donors (Lipinski definition) is 0. The van der Waals surface area contributed by atoms with Gasteiger partial charge in [0.15, 0.2) is 11.5 Å². The zero-order chi connectivity index (χ0) is 14.6. The molecule has 0 saturated heterocycles. The van der Waals surface area contributed by atoms with E-state index >= 15 is 0 Å². The van der Waals surface area contributed by atoms with Crippen molar-refractivity contribution in [2.45, 2.75) is 45.2 Å². The molecule has 0 N–H and O–H groups in total. The molecule has 2 aromatic heterocycles. The third kappa shape index (κ3) is 2.03. The summed E-state index contributed by atoms with van der Waals surface area (Å²) in [5.74, 6) is 3.05. The van der Waals surface area contributed by atoms with Crippen molar-refractivity contribution in [2.75, 3.05) is 6.54 Å². The molecule has 2 aliphatic rings. The number of aryl methyl sites for hydroxylation is 1. The molecule has 2 aromatic rings. The van der Waals surface area contributed by atoms with Crippen LogP contribution in [-0.4, -0.2) is 37.3 Å². The summed E-state index contributed by atoms with van der Waals surface area (Å²) in [6.45, 7) is 5.01. The van der Waals surface area contributed by atoms with Gasteiger partial charge in [0.05, 0.1) is 12.6 Å². The Kier molecular flexibility index (Phi) is 2.63. The molecule has 7 heteroatoms. The minimum absolute atomic E-state index is 0.110. The van der Waals surface area contributed by atoms with Crippen molar-refractivity contribution in [2.24, 2.45) is 0 Å². The zero-order valence-electron chi connectivity index (χ0n) is 12.1. The number of aromatic nitrogens is 4. The minimum Gasteiger partial charge on any atom is -0.361 e. The molecule has 1 atom stereocenters. The van der Waals surface area contributed by atoms with Crippen LogP contribution in [0.15, 0.2) is 10.6 Å². The second kappa shape index (κ2) is 4.41. The molecule has 110 valence electrons. The summed E-state index contributed by atoms with van der Waals surface area (Å²) in [7, 11) is 0. The molecule has 1 saturated carbocycles. The van der Waals surface area contributed by atoms with Gasteiger partial charge in [-0.25, -0.2) is 0 Å². The molecule has 3 heterocycles. The molecule has 1 aliphatic heterocycles. The predicted octanol–water partition coefficient (Wildman–Crippen LogP) is 1.67. The standard InChI is InChI=1S/C14H17N5O2/c1-8-6-18(14(20)11-5-9(2)21-17-11)7-12-15-16-13(19(8)12)10-3-4-10/h5,8,10H,3-4,6-7H2,1-2H3/t8-/m0/s1. The molecule has 1 aliphatic carbocycles. The number of fused-ring (bicyclic) bond motifs is 1. The van der Waals surface area contributed by atoms with Crippen LogP contribution in [-0.2, 0) is 6.54 Å². The lowest BCUT2D eigenvalue weighted by molar-refractivity contribution is 0.0669. The first kappa shape index (κ1) is 12.6. The van der Waals surface area contributed by atoms with Gasteiger partial charge in [0, 0.05) is 18.5 Å². The van der Waals surface area contributed by atoms with Crippen molar-refractivity contribution in [1.82, 2.24) is 24.8 Å². The lowest BCUT2D eigenvalue weighted by atomic mass is 10.2. The molecular weight excluding hydrogens is 270 g/mol. The maximum absolute atomic E-state index is 12.5. The molecule has 1 fully saturated rings. The summed E-state index contributed by atoms with van der Waals surface area (Å²) in [6.07, 6.45) is 2.40. The van der Waals surface area contributed by atoms with Crippen LogP contribution in [0.5, 0.6) is 0 Å². The van der Waals surface area contributed by atoms with Gasteiger partial charge in [0.1, 0.15) is 11.6 Å². The van der Waals surface area contributed by atoms with Gasteiger partial charge in [-0.15, -0.1) is 10.2 Å². The summed E-state index contributed by atoms with van der Waals surface area (Å²) in [5.41, 5.74) is 0.357. The van der Waals surface area contributed by atoms with E-state index in [1.54, 1.807) is 17.9 Å². The summed E-state index contributed by atoms with van der Waals surface area (Å²) >= 11 is 0. The van der Waals surface area contributed by atoms with E-state index in [-0.39, 0.29) is 11.9 Å². The Bertz CT molecular complexity index is 700. The summed E-state index contributed by atoms with van der Waals surface area (Å²) in [6, 6.07) is 1.86. The van der Waals surface area contributed by atoms with Gasteiger partial charge in [-0.1, -0.05) is 5.16 Å². The van der Waals surface area contributed by atoms with Crippen LogP contribution in [0.1, 0.15) is 59.6 Å². The predicted molar refractivity (Wildman–Crippen MR) is 72.7 cm³/mol. The lowest BCUT2D eigenvalue weighted by Gasteiger charge is -2.32. The van der Waals surface area contributed by atoms with E-state index in [2.05, 4.69) is 26.8 Å². The molecule has 0 spiro atoms. The first-order valence-corrected chi connectivity index (χ1v) is 7.29. The van der Waals surface area contributed by atoms with Gasteiger partial charge in [-0.3, -0.25) is 4.79 Å². The highest BCUT2D eigenvalue weighted by Gasteiger charge is 2.36. The highest BCUT2D eigenvalue weighted by atomic mass is 16.5. The first-order valence-electron chi connectivity index (χ1n) is 7.29. The smallest absolute Gasteiger partial charge is 0.276 e. The van der Waals surface area contributed by atoms with Crippen LogP contribution >= 0.6 is 0 Å².